The van der Waals surface area contributed by atoms with E-state index in [1.165, 1.54) is 0 Å². The van der Waals surface area contributed by atoms with Crippen LogP contribution >= 0.6 is 0 Å². The number of benzene rings is 1. The summed E-state index contributed by atoms with van der Waals surface area (Å²) in [6.07, 6.45) is 0.801. The summed E-state index contributed by atoms with van der Waals surface area (Å²) in [7, 11) is 0. The Morgan fingerprint density at radius 3 is 2.36 bits per heavy atom. The lowest BCUT2D eigenvalue weighted by atomic mass is 9.88. The number of aliphatic carboxylic acids is 1. The lowest BCUT2D eigenvalue weighted by Gasteiger charge is -2.23. The Balaban J connectivity index is 2.51. The van der Waals surface area contributed by atoms with E-state index in [9.17, 15) is 14.4 Å². The van der Waals surface area contributed by atoms with Crippen molar-refractivity contribution in [3.63, 3.8) is 0 Å². The summed E-state index contributed by atoms with van der Waals surface area (Å²) >= 11 is 0. The van der Waals surface area contributed by atoms with Gasteiger partial charge in [-0.2, -0.15) is 0 Å². The van der Waals surface area contributed by atoms with Gasteiger partial charge < -0.3 is 19.9 Å². The minimum absolute atomic E-state index is 0.100. The molecule has 0 aliphatic carbocycles. The van der Waals surface area contributed by atoms with E-state index >= 15 is 0 Å². The molecule has 1 aromatic carbocycles. The Kier molecular flexibility index (Phi) is 9.48. The Bertz CT molecular complexity index is 644. The predicted molar refractivity (Wildman–Crippen MR) is 105 cm³/mol. The zero-order valence-electron chi connectivity index (χ0n) is 17.1. The molecule has 0 bridgehead atoms. The van der Waals surface area contributed by atoms with Crippen molar-refractivity contribution in [2.75, 3.05) is 6.61 Å². The van der Waals surface area contributed by atoms with E-state index in [0.717, 1.165) is 5.56 Å². The fraction of sp³-hybridized carbons (Fsp3) is 0.571. The van der Waals surface area contributed by atoms with E-state index in [-0.39, 0.29) is 19.1 Å². The summed E-state index contributed by atoms with van der Waals surface area (Å²) in [5, 5.41) is 11.7. The van der Waals surface area contributed by atoms with Gasteiger partial charge >= 0.3 is 18.0 Å². The minimum Gasteiger partial charge on any atom is -0.481 e. The van der Waals surface area contributed by atoms with Crippen LogP contribution in [0.2, 0.25) is 0 Å². The lowest BCUT2D eigenvalue weighted by molar-refractivity contribution is -0.148. The summed E-state index contributed by atoms with van der Waals surface area (Å²) in [6.45, 7) is 7.23. The van der Waals surface area contributed by atoms with Crippen LogP contribution in [-0.2, 0) is 25.7 Å². The van der Waals surface area contributed by atoms with E-state index in [4.69, 9.17) is 14.6 Å². The molecule has 0 aliphatic heterocycles. The highest BCUT2D eigenvalue weighted by molar-refractivity contribution is 5.81. The van der Waals surface area contributed by atoms with Crippen molar-refractivity contribution in [3.8, 4) is 0 Å². The molecule has 1 aromatic rings. The van der Waals surface area contributed by atoms with Gasteiger partial charge in [-0.3, -0.25) is 4.79 Å². The highest BCUT2D eigenvalue weighted by Crippen LogP contribution is 2.22. The first-order valence-corrected chi connectivity index (χ1v) is 9.54. The average molecular weight is 393 g/mol. The van der Waals surface area contributed by atoms with Gasteiger partial charge in [-0.15, -0.1) is 0 Å². The van der Waals surface area contributed by atoms with Gasteiger partial charge in [0, 0.05) is 0 Å². The molecule has 1 rings (SSSR count). The number of alkyl carbamates (subject to hydrolysis) is 1. The van der Waals surface area contributed by atoms with E-state index in [2.05, 4.69) is 5.32 Å². The van der Waals surface area contributed by atoms with Gasteiger partial charge in [0.25, 0.3) is 0 Å². The van der Waals surface area contributed by atoms with Crippen molar-refractivity contribution in [1.82, 2.24) is 5.32 Å². The van der Waals surface area contributed by atoms with E-state index in [1.807, 2.05) is 44.2 Å². The smallest absolute Gasteiger partial charge is 0.408 e. The molecule has 0 saturated carbocycles. The molecule has 0 spiro atoms. The van der Waals surface area contributed by atoms with Gasteiger partial charge in [-0.1, -0.05) is 50.6 Å². The van der Waals surface area contributed by atoms with E-state index < -0.39 is 29.5 Å². The molecule has 0 unspecified atom stereocenters. The monoisotopic (exact) mass is 393 g/mol. The topological polar surface area (TPSA) is 102 Å². The zero-order chi connectivity index (χ0) is 21.2. The molecule has 156 valence electrons. The van der Waals surface area contributed by atoms with Crippen molar-refractivity contribution in [2.45, 2.75) is 59.6 Å². The lowest BCUT2D eigenvalue weighted by Crippen LogP contribution is -2.46. The van der Waals surface area contributed by atoms with Crippen molar-refractivity contribution in [2.24, 2.45) is 11.3 Å². The summed E-state index contributed by atoms with van der Waals surface area (Å²) in [5.41, 5.74) is -0.0245. The van der Waals surface area contributed by atoms with Crippen molar-refractivity contribution in [1.29, 1.82) is 0 Å². The summed E-state index contributed by atoms with van der Waals surface area (Å²) in [6, 6.07) is 8.43. The molecule has 7 heteroatoms. The molecule has 0 radical (unpaired) electrons. The van der Waals surface area contributed by atoms with Gasteiger partial charge in [0.1, 0.15) is 12.6 Å². The maximum atomic E-state index is 12.4. The molecule has 1 amide bonds. The molecular formula is C21H31NO6. The second kappa shape index (κ2) is 11.3. The van der Waals surface area contributed by atoms with Crippen LogP contribution < -0.4 is 5.32 Å². The molecule has 2 atom stereocenters. The van der Waals surface area contributed by atoms with Crippen LogP contribution in [0.15, 0.2) is 30.3 Å². The third-order valence-corrected chi connectivity index (χ3v) is 4.72. The Morgan fingerprint density at radius 1 is 1.14 bits per heavy atom. The molecule has 2 N–H and O–H groups in total. The summed E-state index contributed by atoms with van der Waals surface area (Å²) in [5.74, 6) is -1.56. The Labute approximate surface area is 166 Å². The highest BCUT2D eigenvalue weighted by Gasteiger charge is 2.29. The van der Waals surface area contributed by atoms with Crippen LogP contribution in [0, 0.1) is 11.3 Å². The first kappa shape index (κ1) is 23.5. The number of carboxylic acid groups (broad SMARTS) is 1. The SMILES string of the molecule is CC[C@H](C)[C@H](NC(=O)OCc1ccccc1)C(=O)OCCCC(C)(C)C(=O)O. The molecule has 0 aliphatic rings. The van der Waals surface area contributed by atoms with Gasteiger partial charge in [-0.25, -0.2) is 9.59 Å². The first-order chi connectivity index (χ1) is 13.2. The van der Waals surface area contributed by atoms with Crippen molar-refractivity contribution in [3.05, 3.63) is 35.9 Å². The van der Waals surface area contributed by atoms with Crippen LogP contribution in [0.1, 0.15) is 52.5 Å². The van der Waals surface area contributed by atoms with Crippen LogP contribution in [-0.4, -0.2) is 35.8 Å². The van der Waals surface area contributed by atoms with Gasteiger partial charge in [0.15, 0.2) is 0 Å². The maximum Gasteiger partial charge on any atom is 0.408 e. The normalized spacial score (nSPS) is 13.3. The third-order valence-electron chi connectivity index (χ3n) is 4.72. The van der Waals surface area contributed by atoms with Gasteiger partial charge in [0.05, 0.1) is 12.0 Å². The number of carboxylic acids is 1. The fourth-order valence-electron chi connectivity index (χ4n) is 2.44. The van der Waals surface area contributed by atoms with Crippen LogP contribution in [0.4, 0.5) is 4.79 Å². The van der Waals surface area contributed by atoms with Crippen LogP contribution in [0.5, 0.6) is 0 Å². The van der Waals surface area contributed by atoms with Crippen LogP contribution in [0.3, 0.4) is 0 Å². The predicted octanol–water partition coefficient (Wildman–Crippen LogP) is 3.76. The maximum absolute atomic E-state index is 12.4. The molecule has 7 nitrogen and oxygen atoms in total. The number of amides is 1. The van der Waals surface area contributed by atoms with Crippen LogP contribution in [0.25, 0.3) is 0 Å². The van der Waals surface area contributed by atoms with Gasteiger partial charge in [0.2, 0.25) is 0 Å². The molecule has 0 aromatic heterocycles. The Hall–Kier alpha value is -2.57. The molecule has 28 heavy (non-hydrogen) atoms. The standard InChI is InChI=1S/C21H31NO6/c1-5-15(2)17(18(23)27-13-9-12-21(3,4)19(24)25)22-20(26)28-14-16-10-7-6-8-11-16/h6-8,10-11,15,17H,5,9,12-14H2,1-4H3,(H,22,26)(H,24,25)/t15-,17-/m0/s1. The summed E-state index contributed by atoms with van der Waals surface area (Å²) in [4.78, 5) is 35.6. The Morgan fingerprint density at radius 2 is 1.79 bits per heavy atom. The number of rotatable bonds is 11. The number of ether oxygens (including phenoxy) is 2. The first-order valence-electron chi connectivity index (χ1n) is 9.54. The molecule has 0 fully saturated rings. The molecular weight excluding hydrogens is 362 g/mol. The molecule has 0 saturated heterocycles. The third kappa shape index (κ3) is 7.98. The molecule has 0 heterocycles. The number of nitrogens with one attached hydrogen (secondary N) is 1. The van der Waals surface area contributed by atoms with E-state index in [1.54, 1.807) is 13.8 Å². The second-order valence-electron chi connectivity index (χ2n) is 7.53. The van der Waals surface area contributed by atoms with Crippen molar-refractivity contribution < 1.29 is 29.0 Å². The largest absolute Gasteiger partial charge is 0.481 e. The number of hydrogen-bond acceptors (Lipinski definition) is 5. The number of carbonyl (C=O) groups is 3. The van der Waals surface area contributed by atoms with Gasteiger partial charge in [-0.05, 0) is 38.2 Å². The van der Waals surface area contributed by atoms with Crippen molar-refractivity contribution >= 4 is 18.0 Å². The summed E-state index contributed by atoms with van der Waals surface area (Å²) < 4.78 is 10.4. The number of esters is 1. The van der Waals surface area contributed by atoms with E-state index in [0.29, 0.717) is 19.3 Å². The second-order valence-corrected chi connectivity index (χ2v) is 7.53. The number of hydrogen-bond donors (Lipinski definition) is 2. The average Bonchev–Trinajstić information content (AvgIpc) is 2.67. The quantitative estimate of drug-likeness (QED) is 0.438. The minimum atomic E-state index is -0.890. The number of carbonyl (C=O) groups excluding carboxylic acids is 2. The fourth-order valence-corrected chi connectivity index (χ4v) is 2.44. The highest BCUT2D eigenvalue weighted by atomic mass is 16.6. The zero-order valence-corrected chi connectivity index (χ0v) is 17.1.